The minimum Gasteiger partial charge on any atom is -0.406 e. The molecule has 0 aromatic heterocycles. The third kappa shape index (κ3) is 5.67. The Morgan fingerprint density at radius 1 is 1.09 bits per heavy atom. The quantitative estimate of drug-likeness (QED) is 0.804. The van der Waals surface area contributed by atoms with Crippen molar-refractivity contribution >= 4 is 29.3 Å². The van der Waals surface area contributed by atoms with Gasteiger partial charge in [0.15, 0.2) is 0 Å². The summed E-state index contributed by atoms with van der Waals surface area (Å²) in [5, 5.41) is 3.00. The van der Waals surface area contributed by atoms with E-state index in [1.165, 1.54) is 36.4 Å². The van der Waals surface area contributed by atoms with Crippen molar-refractivity contribution in [3.63, 3.8) is 0 Å². The molecule has 1 N–H and O–H groups in total. The number of carbonyl (C=O) groups excluding carboxylic acids is 1. The second-order valence-corrected chi connectivity index (χ2v) is 4.83. The van der Waals surface area contributed by atoms with Gasteiger partial charge in [0.05, 0.1) is 10.7 Å². The van der Waals surface area contributed by atoms with Gasteiger partial charge in [0.25, 0.3) is 0 Å². The van der Waals surface area contributed by atoms with E-state index >= 15 is 0 Å². The van der Waals surface area contributed by atoms with Gasteiger partial charge in [0.2, 0.25) is 5.91 Å². The van der Waals surface area contributed by atoms with Crippen LogP contribution in [0, 0.1) is 0 Å². The van der Waals surface area contributed by atoms with E-state index in [2.05, 4.69) is 10.1 Å². The summed E-state index contributed by atoms with van der Waals surface area (Å²) in [5.41, 5.74) is 1.02. The third-order valence-electron chi connectivity index (χ3n) is 2.67. The molecule has 0 aliphatic carbocycles. The number of rotatable bonds is 4. The average Bonchev–Trinajstić information content (AvgIpc) is 2.47. The molecule has 0 atom stereocenters. The number of halogens is 4. The topological polar surface area (TPSA) is 38.3 Å². The number of para-hydroxylation sites is 1. The van der Waals surface area contributed by atoms with Crippen LogP contribution in [0.2, 0.25) is 5.02 Å². The molecule has 0 saturated carbocycles. The van der Waals surface area contributed by atoms with E-state index in [1.807, 2.05) is 0 Å². The summed E-state index contributed by atoms with van der Waals surface area (Å²) < 4.78 is 39.9. The number of hydrogen-bond acceptors (Lipinski definition) is 2. The molecule has 0 aliphatic rings. The summed E-state index contributed by atoms with van der Waals surface area (Å²) >= 11 is 5.91. The molecular formula is C16H11ClF3NO2. The highest BCUT2D eigenvalue weighted by molar-refractivity contribution is 6.33. The monoisotopic (exact) mass is 341 g/mol. The second kappa shape index (κ2) is 7.19. The van der Waals surface area contributed by atoms with Crippen molar-refractivity contribution < 1.29 is 22.7 Å². The normalized spacial score (nSPS) is 11.5. The van der Waals surface area contributed by atoms with Crippen LogP contribution in [0.5, 0.6) is 5.75 Å². The minimum atomic E-state index is -4.73. The molecule has 2 rings (SSSR count). The van der Waals surface area contributed by atoms with Crippen molar-refractivity contribution in [3.05, 3.63) is 65.2 Å². The zero-order valence-electron chi connectivity index (χ0n) is 11.6. The maximum absolute atomic E-state index is 12.0. The average molecular weight is 342 g/mol. The van der Waals surface area contributed by atoms with Crippen molar-refractivity contribution in [2.45, 2.75) is 6.36 Å². The summed E-state index contributed by atoms with van der Waals surface area (Å²) in [4.78, 5) is 11.8. The lowest BCUT2D eigenvalue weighted by molar-refractivity contribution is -0.274. The summed E-state index contributed by atoms with van der Waals surface area (Å²) in [6.45, 7) is 0. The predicted octanol–water partition coefficient (Wildman–Crippen LogP) is 4.89. The van der Waals surface area contributed by atoms with E-state index in [0.29, 0.717) is 16.3 Å². The molecule has 0 heterocycles. The molecule has 3 nitrogen and oxygen atoms in total. The largest absolute Gasteiger partial charge is 0.573 e. The van der Waals surface area contributed by atoms with Gasteiger partial charge >= 0.3 is 6.36 Å². The molecule has 120 valence electrons. The summed E-state index contributed by atoms with van der Waals surface area (Å²) in [6.07, 6.45) is -2.02. The second-order valence-electron chi connectivity index (χ2n) is 4.42. The molecule has 0 aliphatic heterocycles. The van der Waals surface area contributed by atoms with Crippen LogP contribution in [0.3, 0.4) is 0 Å². The Morgan fingerprint density at radius 2 is 1.74 bits per heavy atom. The molecule has 0 unspecified atom stereocenters. The summed E-state index contributed by atoms with van der Waals surface area (Å²) in [6, 6.07) is 11.9. The molecule has 0 radical (unpaired) electrons. The van der Waals surface area contributed by atoms with E-state index in [1.54, 1.807) is 24.3 Å². The Bertz CT molecular complexity index is 712. The van der Waals surface area contributed by atoms with Crippen LogP contribution in [0.4, 0.5) is 18.9 Å². The molecule has 1 amide bonds. The zero-order valence-corrected chi connectivity index (χ0v) is 12.4. The number of benzene rings is 2. The van der Waals surface area contributed by atoms with Crippen molar-refractivity contribution in [2.24, 2.45) is 0 Å². The number of carbonyl (C=O) groups is 1. The molecule has 0 spiro atoms. The van der Waals surface area contributed by atoms with Crippen LogP contribution in [-0.4, -0.2) is 12.3 Å². The Hall–Kier alpha value is -2.47. The highest BCUT2D eigenvalue weighted by atomic mass is 35.5. The maximum Gasteiger partial charge on any atom is 0.573 e. The van der Waals surface area contributed by atoms with Crippen molar-refractivity contribution in [1.29, 1.82) is 0 Å². The molecule has 0 fully saturated rings. The Labute approximate surface area is 135 Å². The van der Waals surface area contributed by atoms with Gasteiger partial charge in [-0.1, -0.05) is 35.9 Å². The SMILES string of the molecule is O=C(/C=C/c1ccc(OC(F)(F)F)cc1)Nc1ccccc1Cl. The Balaban J connectivity index is 1.97. The van der Waals surface area contributed by atoms with Gasteiger partial charge in [-0.15, -0.1) is 13.2 Å². The van der Waals surface area contributed by atoms with Gasteiger partial charge in [-0.05, 0) is 35.9 Å². The first-order chi connectivity index (χ1) is 10.8. The van der Waals surface area contributed by atoms with Crippen molar-refractivity contribution in [2.75, 3.05) is 5.32 Å². The fourth-order valence-corrected chi connectivity index (χ4v) is 1.87. The van der Waals surface area contributed by atoms with Crippen molar-refractivity contribution in [1.82, 2.24) is 0 Å². The highest BCUT2D eigenvalue weighted by Gasteiger charge is 2.30. The first-order valence-corrected chi connectivity index (χ1v) is 6.81. The number of nitrogens with one attached hydrogen (secondary N) is 1. The molecule has 23 heavy (non-hydrogen) atoms. The van der Waals surface area contributed by atoms with E-state index in [9.17, 15) is 18.0 Å². The Morgan fingerprint density at radius 3 is 2.35 bits per heavy atom. The number of hydrogen-bond donors (Lipinski definition) is 1. The molecule has 0 saturated heterocycles. The fourth-order valence-electron chi connectivity index (χ4n) is 1.69. The Kier molecular flexibility index (Phi) is 5.28. The van der Waals surface area contributed by atoms with Gasteiger partial charge < -0.3 is 10.1 Å². The number of anilines is 1. The van der Waals surface area contributed by atoms with Crippen LogP contribution in [0.25, 0.3) is 6.08 Å². The van der Waals surface area contributed by atoms with Crippen LogP contribution >= 0.6 is 11.6 Å². The van der Waals surface area contributed by atoms with Crippen molar-refractivity contribution in [3.8, 4) is 5.75 Å². The zero-order chi connectivity index (χ0) is 16.9. The predicted molar refractivity (Wildman–Crippen MR) is 82.2 cm³/mol. The lowest BCUT2D eigenvalue weighted by atomic mass is 10.2. The smallest absolute Gasteiger partial charge is 0.406 e. The minimum absolute atomic E-state index is 0.324. The molecule has 2 aromatic rings. The fraction of sp³-hybridized carbons (Fsp3) is 0.0625. The molecule has 2 aromatic carbocycles. The van der Waals surface area contributed by atoms with Crippen LogP contribution in [0.1, 0.15) is 5.56 Å². The maximum atomic E-state index is 12.0. The standard InChI is InChI=1S/C16H11ClF3NO2/c17-13-3-1-2-4-14(13)21-15(22)10-7-11-5-8-12(9-6-11)23-16(18,19)20/h1-10H,(H,21,22)/b10-7+. The third-order valence-corrected chi connectivity index (χ3v) is 3.00. The number of amides is 1. The van der Waals surface area contributed by atoms with Gasteiger partial charge in [0, 0.05) is 6.08 Å². The van der Waals surface area contributed by atoms with Gasteiger partial charge in [-0.2, -0.15) is 0 Å². The lowest BCUT2D eigenvalue weighted by Crippen LogP contribution is -2.16. The van der Waals surface area contributed by atoms with Crippen LogP contribution in [-0.2, 0) is 4.79 Å². The van der Waals surface area contributed by atoms with E-state index in [4.69, 9.17) is 11.6 Å². The van der Waals surface area contributed by atoms with Gasteiger partial charge in [-0.25, -0.2) is 0 Å². The number of alkyl halides is 3. The van der Waals surface area contributed by atoms with E-state index in [0.717, 1.165) is 0 Å². The highest BCUT2D eigenvalue weighted by Crippen LogP contribution is 2.23. The molecular weight excluding hydrogens is 331 g/mol. The van der Waals surface area contributed by atoms with E-state index < -0.39 is 12.3 Å². The molecule has 7 heteroatoms. The number of ether oxygens (including phenoxy) is 1. The molecule has 0 bridgehead atoms. The summed E-state index contributed by atoms with van der Waals surface area (Å²) in [7, 11) is 0. The van der Waals surface area contributed by atoms with Gasteiger partial charge in [-0.3, -0.25) is 4.79 Å². The summed E-state index contributed by atoms with van der Waals surface area (Å²) in [5.74, 6) is -0.733. The first-order valence-electron chi connectivity index (χ1n) is 6.43. The van der Waals surface area contributed by atoms with Gasteiger partial charge in [0.1, 0.15) is 5.75 Å². The van der Waals surface area contributed by atoms with Crippen LogP contribution in [0.15, 0.2) is 54.6 Å². The van der Waals surface area contributed by atoms with Crippen LogP contribution < -0.4 is 10.1 Å². The lowest BCUT2D eigenvalue weighted by Gasteiger charge is -2.08. The van der Waals surface area contributed by atoms with E-state index in [-0.39, 0.29) is 5.75 Å². The first kappa shape index (κ1) is 16.9.